The molecule has 0 saturated heterocycles. The standard InChI is InChI=1S/C20H25NO5S/c1-3-4-5-6-7-15-8-10-16(11-9-15)20(22)21-18-14-17(27(23,24)25)12-13-19(18)26-2/h8-14H,3-7H2,1-2H3,(H,21,22)(H,23,24,25). The maximum Gasteiger partial charge on any atom is 0.294 e. The van der Waals surface area contributed by atoms with E-state index in [0.29, 0.717) is 11.3 Å². The number of carbonyl (C=O) groups is 1. The summed E-state index contributed by atoms with van der Waals surface area (Å²) in [4.78, 5) is 12.2. The average molecular weight is 391 g/mol. The number of methoxy groups -OCH3 is 1. The monoisotopic (exact) mass is 391 g/mol. The average Bonchev–Trinajstić information content (AvgIpc) is 2.65. The minimum Gasteiger partial charge on any atom is -0.495 e. The normalized spacial score (nSPS) is 11.2. The van der Waals surface area contributed by atoms with E-state index in [1.165, 1.54) is 44.1 Å². The zero-order valence-electron chi connectivity index (χ0n) is 15.6. The van der Waals surface area contributed by atoms with Gasteiger partial charge in [0.1, 0.15) is 5.75 Å². The lowest BCUT2D eigenvalue weighted by molar-refractivity contribution is 0.102. The van der Waals surface area contributed by atoms with Crippen LogP contribution in [0.2, 0.25) is 0 Å². The number of hydrogen-bond donors (Lipinski definition) is 2. The molecular weight excluding hydrogens is 366 g/mol. The Kier molecular flexibility index (Phi) is 7.38. The van der Waals surface area contributed by atoms with Gasteiger partial charge in [-0.15, -0.1) is 0 Å². The molecule has 0 unspecified atom stereocenters. The van der Waals surface area contributed by atoms with Gasteiger partial charge in [0.15, 0.2) is 0 Å². The second-order valence-electron chi connectivity index (χ2n) is 6.30. The van der Waals surface area contributed by atoms with Gasteiger partial charge in [-0.25, -0.2) is 0 Å². The van der Waals surface area contributed by atoms with Crippen molar-refractivity contribution in [1.82, 2.24) is 0 Å². The summed E-state index contributed by atoms with van der Waals surface area (Å²) >= 11 is 0. The molecule has 1 amide bonds. The molecule has 0 aliphatic heterocycles. The molecule has 0 heterocycles. The summed E-state index contributed by atoms with van der Waals surface area (Å²) in [5.41, 5.74) is 1.79. The van der Waals surface area contributed by atoms with Crippen molar-refractivity contribution in [3.05, 3.63) is 53.6 Å². The third kappa shape index (κ3) is 6.08. The SMILES string of the molecule is CCCCCCc1ccc(C(=O)Nc2cc(S(=O)(=O)O)ccc2OC)cc1. The summed E-state index contributed by atoms with van der Waals surface area (Å²) in [5.74, 6) is -0.0957. The van der Waals surface area contributed by atoms with E-state index in [-0.39, 0.29) is 10.6 Å². The number of nitrogens with one attached hydrogen (secondary N) is 1. The predicted octanol–water partition coefficient (Wildman–Crippen LogP) is 4.32. The van der Waals surface area contributed by atoms with Crippen molar-refractivity contribution >= 4 is 21.7 Å². The van der Waals surface area contributed by atoms with Crippen molar-refractivity contribution in [2.45, 2.75) is 43.9 Å². The van der Waals surface area contributed by atoms with Gasteiger partial charge in [0.2, 0.25) is 0 Å². The molecule has 0 aliphatic carbocycles. The molecule has 0 bridgehead atoms. The highest BCUT2D eigenvalue weighted by Gasteiger charge is 2.15. The van der Waals surface area contributed by atoms with E-state index in [1.54, 1.807) is 12.1 Å². The predicted molar refractivity (Wildman–Crippen MR) is 105 cm³/mol. The van der Waals surface area contributed by atoms with Crippen LogP contribution < -0.4 is 10.1 Å². The Labute approximate surface area is 160 Å². The summed E-state index contributed by atoms with van der Waals surface area (Å²) in [7, 11) is -2.97. The number of anilines is 1. The topological polar surface area (TPSA) is 92.7 Å². The van der Waals surface area contributed by atoms with Crippen molar-refractivity contribution in [1.29, 1.82) is 0 Å². The highest BCUT2D eigenvalue weighted by Crippen LogP contribution is 2.28. The second-order valence-corrected chi connectivity index (χ2v) is 7.72. The van der Waals surface area contributed by atoms with Gasteiger partial charge in [0.05, 0.1) is 17.7 Å². The molecule has 2 aromatic rings. The van der Waals surface area contributed by atoms with Crippen LogP contribution in [0.5, 0.6) is 5.75 Å². The first-order valence-corrected chi connectivity index (χ1v) is 10.3. The van der Waals surface area contributed by atoms with E-state index in [4.69, 9.17) is 4.74 Å². The van der Waals surface area contributed by atoms with Crippen molar-refractivity contribution in [2.24, 2.45) is 0 Å². The van der Waals surface area contributed by atoms with Crippen molar-refractivity contribution < 1.29 is 22.5 Å². The summed E-state index contributed by atoms with van der Waals surface area (Å²) in [6.45, 7) is 2.17. The van der Waals surface area contributed by atoms with E-state index >= 15 is 0 Å². The zero-order valence-corrected chi connectivity index (χ0v) is 16.4. The lowest BCUT2D eigenvalue weighted by Crippen LogP contribution is -2.13. The number of unbranched alkanes of at least 4 members (excludes halogenated alkanes) is 3. The lowest BCUT2D eigenvalue weighted by atomic mass is 10.0. The van der Waals surface area contributed by atoms with Gasteiger partial charge in [-0.3, -0.25) is 9.35 Å². The molecule has 2 N–H and O–H groups in total. The van der Waals surface area contributed by atoms with Crippen LogP contribution in [0.3, 0.4) is 0 Å². The van der Waals surface area contributed by atoms with Gasteiger partial charge in [-0.1, -0.05) is 38.3 Å². The van der Waals surface area contributed by atoms with Crippen molar-refractivity contribution in [3.63, 3.8) is 0 Å². The van der Waals surface area contributed by atoms with Crippen LogP contribution in [0, 0.1) is 0 Å². The highest BCUT2D eigenvalue weighted by molar-refractivity contribution is 7.85. The maximum atomic E-state index is 12.5. The van der Waals surface area contributed by atoms with Gasteiger partial charge in [-0.2, -0.15) is 8.42 Å². The Bertz CT molecular complexity index is 876. The Morgan fingerprint density at radius 1 is 1.07 bits per heavy atom. The number of hydrogen-bond acceptors (Lipinski definition) is 4. The number of rotatable bonds is 9. The highest BCUT2D eigenvalue weighted by atomic mass is 32.2. The fourth-order valence-corrected chi connectivity index (χ4v) is 3.23. The number of aryl methyl sites for hydroxylation is 1. The minimum absolute atomic E-state index is 0.168. The molecule has 2 aromatic carbocycles. The van der Waals surface area contributed by atoms with Gasteiger partial charge in [0.25, 0.3) is 16.0 Å². The molecule has 0 radical (unpaired) electrons. The minimum atomic E-state index is -4.38. The zero-order chi connectivity index (χ0) is 19.9. The van der Waals surface area contributed by atoms with Crippen LogP contribution >= 0.6 is 0 Å². The Morgan fingerprint density at radius 2 is 1.78 bits per heavy atom. The molecule has 0 saturated carbocycles. The van der Waals surface area contributed by atoms with Crippen LogP contribution in [0.15, 0.2) is 47.4 Å². The van der Waals surface area contributed by atoms with Crippen LogP contribution in [0.25, 0.3) is 0 Å². The molecule has 0 atom stereocenters. The fourth-order valence-electron chi connectivity index (χ4n) is 2.72. The van der Waals surface area contributed by atoms with Crippen LogP contribution in [-0.4, -0.2) is 26.0 Å². The quantitative estimate of drug-likeness (QED) is 0.491. The summed E-state index contributed by atoms with van der Waals surface area (Å²) in [5, 5.41) is 2.63. The third-order valence-corrected chi connectivity index (χ3v) is 5.10. The Balaban J connectivity index is 2.10. The first-order valence-electron chi connectivity index (χ1n) is 8.91. The maximum absolute atomic E-state index is 12.5. The van der Waals surface area contributed by atoms with Gasteiger partial charge in [0, 0.05) is 5.56 Å². The van der Waals surface area contributed by atoms with E-state index in [9.17, 15) is 17.8 Å². The molecule has 27 heavy (non-hydrogen) atoms. The van der Waals surface area contributed by atoms with Crippen LogP contribution in [-0.2, 0) is 16.5 Å². The van der Waals surface area contributed by atoms with E-state index < -0.39 is 16.0 Å². The van der Waals surface area contributed by atoms with Crippen LogP contribution in [0.4, 0.5) is 5.69 Å². The fraction of sp³-hybridized carbons (Fsp3) is 0.350. The largest absolute Gasteiger partial charge is 0.495 e. The molecular formula is C20H25NO5S. The van der Waals surface area contributed by atoms with Crippen molar-refractivity contribution in [3.8, 4) is 5.75 Å². The van der Waals surface area contributed by atoms with E-state index in [0.717, 1.165) is 18.9 Å². The first kappa shape index (κ1) is 20.9. The van der Waals surface area contributed by atoms with Gasteiger partial charge < -0.3 is 10.1 Å². The Morgan fingerprint density at radius 3 is 2.37 bits per heavy atom. The van der Waals surface area contributed by atoms with Crippen molar-refractivity contribution in [2.75, 3.05) is 12.4 Å². The molecule has 0 spiro atoms. The van der Waals surface area contributed by atoms with Gasteiger partial charge in [-0.05, 0) is 48.7 Å². The molecule has 0 aliphatic rings. The second kappa shape index (κ2) is 9.53. The number of ether oxygens (including phenoxy) is 1. The summed E-state index contributed by atoms with van der Waals surface area (Å²) in [6, 6.07) is 11.1. The lowest BCUT2D eigenvalue weighted by Gasteiger charge is -2.11. The molecule has 6 nitrogen and oxygen atoms in total. The van der Waals surface area contributed by atoms with E-state index in [2.05, 4.69) is 12.2 Å². The molecule has 146 valence electrons. The van der Waals surface area contributed by atoms with E-state index in [1.807, 2.05) is 12.1 Å². The number of benzene rings is 2. The summed E-state index contributed by atoms with van der Waals surface area (Å²) < 4.78 is 36.9. The molecule has 0 fully saturated rings. The third-order valence-electron chi connectivity index (χ3n) is 4.25. The summed E-state index contributed by atoms with van der Waals surface area (Å²) in [6.07, 6.45) is 5.72. The smallest absolute Gasteiger partial charge is 0.294 e. The molecule has 0 aromatic heterocycles. The molecule has 2 rings (SSSR count). The first-order chi connectivity index (χ1) is 12.8. The number of carbonyl (C=O) groups excluding carboxylic acids is 1. The van der Waals surface area contributed by atoms with Gasteiger partial charge >= 0.3 is 0 Å². The van der Waals surface area contributed by atoms with Crippen LogP contribution in [0.1, 0.15) is 48.5 Å². The number of amides is 1. The Hall–Kier alpha value is -2.38. The molecule has 7 heteroatoms.